The summed E-state index contributed by atoms with van der Waals surface area (Å²) in [5, 5.41) is 9.06. The lowest BCUT2D eigenvalue weighted by molar-refractivity contribution is -0.137. The van der Waals surface area contributed by atoms with Crippen molar-refractivity contribution in [2.24, 2.45) is 5.92 Å². The van der Waals surface area contributed by atoms with Crippen LogP contribution in [0.2, 0.25) is 0 Å². The number of cyclic esters (lactones) is 1. The number of aliphatic carboxylic acids is 1. The highest BCUT2D eigenvalue weighted by atomic mass is 16.5. The molecule has 1 heterocycles. The Bertz CT molecular complexity index is 766. The highest BCUT2D eigenvalue weighted by molar-refractivity contribution is 6.00. The highest BCUT2D eigenvalue weighted by Crippen LogP contribution is 2.40. The van der Waals surface area contributed by atoms with Crippen LogP contribution in [0.1, 0.15) is 52.7 Å². The molecule has 134 valence electrons. The van der Waals surface area contributed by atoms with Crippen LogP contribution < -0.4 is 10.5 Å². The van der Waals surface area contributed by atoms with Crippen molar-refractivity contribution in [2.75, 3.05) is 12.8 Å². The van der Waals surface area contributed by atoms with Crippen LogP contribution in [0.25, 0.3) is 0 Å². The van der Waals surface area contributed by atoms with Crippen LogP contribution in [0.5, 0.6) is 5.75 Å². The van der Waals surface area contributed by atoms with E-state index in [1.54, 1.807) is 7.11 Å². The summed E-state index contributed by atoms with van der Waals surface area (Å²) in [5.41, 5.74) is 10.7. The van der Waals surface area contributed by atoms with Gasteiger partial charge in [0.05, 0.1) is 24.8 Å². The third kappa shape index (κ3) is 3.08. The van der Waals surface area contributed by atoms with Crippen LogP contribution >= 0.6 is 0 Å². The highest BCUT2D eigenvalue weighted by Gasteiger charge is 2.31. The number of methoxy groups -OCH3 is 1. The summed E-state index contributed by atoms with van der Waals surface area (Å²) in [7, 11) is 1.59. The number of fused-ring (bicyclic) bond motifs is 1. The SMILES string of the molecule is COc1c(C)c2c(c(N)c1CC=C1CCC[C@H]1CC(=O)O)C(=O)OC2. The van der Waals surface area contributed by atoms with Crippen LogP contribution in [-0.2, 0) is 22.6 Å². The number of allylic oxidation sites excluding steroid dienone is 2. The topological polar surface area (TPSA) is 98.9 Å². The Hall–Kier alpha value is -2.50. The van der Waals surface area contributed by atoms with E-state index in [0.717, 1.165) is 41.5 Å². The Morgan fingerprint density at radius 1 is 1.48 bits per heavy atom. The first-order valence-electron chi connectivity index (χ1n) is 8.49. The van der Waals surface area contributed by atoms with Crippen LogP contribution in [0.3, 0.4) is 0 Å². The van der Waals surface area contributed by atoms with Gasteiger partial charge in [-0.1, -0.05) is 11.6 Å². The molecule has 1 atom stereocenters. The summed E-state index contributed by atoms with van der Waals surface area (Å²) in [6, 6.07) is 0. The molecule has 6 nitrogen and oxygen atoms in total. The number of nitrogens with two attached hydrogens (primary N) is 1. The average Bonchev–Trinajstić information content (AvgIpc) is 3.15. The molecule has 1 saturated carbocycles. The summed E-state index contributed by atoms with van der Waals surface area (Å²) in [6.45, 7) is 2.13. The van der Waals surface area contributed by atoms with E-state index in [9.17, 15) is 9.59 Å². The van der Waals surface area contributed by atoms with Crippen molar-refractivity contribution in [2.45, 2.75) is 45.6 Å². The van der Waals surface area contributed by atoms with Crippen molar-refractivity contribution in [3.8, 4) is 5.75 Å². The van der Waals surface area contributed by atoms with E-state index in [0.29, 0.717) is 23.4 Å². The van der Waals surface area contributed by atoms with Crippen LogP contribution in [0.4, 0.5) is 5.69 Å². The zero-order chi connectivity index (χ0) is 18.1. The largest absolute Gasteiger partial charge is 0.496 e. The average molecular weight is 345 g/mol. The van der Waals surface area contributed by atoms with Gasteiger partial charge in [-0.3, -0.25) is 4.79 Å². The van der Waals surface area contributed by atoms with Crippen molar-refractivity contribution >= 4 is 17.6 Å². The van der Waals surface area contributed by atoms with E-state index in [-0.39, 0.29) is 18.9 Å². The summed E-state index contributed by atoms with van der Waals surface area (Å²) in [6.07, 6.45) is 5.55. The van der Waals surface area contributed by atoms with Crippen molar-refractivity contribution in [1.82, 2.24) is 0 Å². The molecule has 0 bridgehead atoms. The molecule has 3 rings (SSSR count). The minimum atomic E-state index is -0.772. The fourth-order valence-corrected chi connectivity index (χ4v) is 3.98. The van der Waals surface area contributed by atoms with Gasteiger partial charge in [0, 0.05) is 11.1 Å². The van der Waals surface area contributed by atoms with Gasteiger partial charge in [0.1, 0.15) is 12.4 Å². The number of ether oxygens (including phenoxy) is 2. The fourth-order valence-electron chi connectivity index (χ4n) is 3.98. The van der Waals surface area contributed by atoms with Gasteiger partial charge in [-0.05, 0) is 44.1 Å². The number of carbonyl (C=O) groups is 2. The Balaban J connectivity index is 1.96. The number of benzene rings is 1. The molecular formula is C19H23NO5. The van der Waals surface area contributed by atoms with Crippen molar-refractivity contribution in [3.05, 3.63) is 33.9 Å². The van der Waals surface area contributed by atoms with Gasteiger partial charge < -0.3 is 20.3 Å². The number of carboxylic acids is 1. The van der Waals surface area contributed by atoms with Gasteiger partial charge >= 0.3 is 11.9 Å². The van der Waals surface area contributed by atoms with E-state index < -0.39 is 11.9 Å². The molecule has 1 aromatic carbocycles. The first-order valence-corrected chi connectivity index (χ1v) is 8.49. The molecule has 0 radical (unpaired) electrons. The maximum Gasteiger partial charge on any atom is 0.341 e. The minimum absolute atomic E-state index is 0.0882. The van der Waals surface area contributed by atoms with E-state index in [2.05, 4.69) is 6.08 Å². The number of hydrogen-bond acceptors (Lipinski definition) is 5. The molecule has 25 heavy (non-hydrogen) atoms. The second-order valence-electron chi connectivity index (χ2n) is 6.65. The van der Waals surface area contributed by atoms with Gasteiger partial charge in [0.25, 0.3) is 0 Å². The van der Waals surface area contributed by atoms with Crippen LogP contribution in [-0.4, -0.2) is 24.2 Å². The molecular weight excluding hydrogens is 322 g/mol. The second kappa shape index (κ2) is 6.78. The summed E-state index contributed by atoms with van der Waals surface area (Å²) >= 11 is 0. The second-order valence-corrected chi connectivity index (χ2v) is 6.65. The molecule has 1 aliphatic heterocycles. The standard InChI is InChI=1S/C19H23NO5/c1-10-14-9-25-19(23)16(14)17(20)13(18(10)24-2)7-6-11-4-3-5-12(11)8-15(21)22/h6,12H,3-5,7-9,20H2,1-2H3,(H,21,22)/t12-/m0/s1. The Labute approximate surface area is 146 Å². The number of anilines is 1. The van der Waals surface area contributed by atoms with Crippen molar-refractivity contribution in [3.63, 3.8) is 0 Å². The number of carbonyl (C=O) groups excluding carboxylic acids is 1. The molecule has 0 saturated heterocycles. The number of hydrogen-bond donors (Lipinski definition) is 2. The van der Waals surface area contributed by atoms with Gasteiger partial charge in [-0.2, -0.15) is 0 Å². The predicted molar refractivity (Wildman–Crippen MR) is 92.6 cm³/mol. The van der Waals surface area contributed by atoms with Gasteiger partial charge in [0.2, 0.25) is 0 Å². The van der Waals surface area contributed by atoms with Gasteiger partial charge in [-0.25, -0.2) is 4.79 Å². The zero-order valence-corrected chi connectivity index (χ0v) is 14.6. The van der Waals surface area contributed by atoms with E-state index >= 15 is 0 Å². The molecule has 0 unspecified atom stereocenters. The first kappa shape index (κ1) is 17.3. The minimum Gasteiger partial charge on any atom is -0.496 e. The molecule has 3 N–H and O–H groups in total. The number of rotatable bonds is 5. The Morgan fingerprint density at radius 3 is 2.92 bits per heavy atom. The van der Waals surface area contributed by atoms with Crippen LogP contribution in [0.15, 0.2) is 11.6 Å². The Kier molecular flexibility index (Phi) is 4.70. The van der Waals surface area contributed by atoms with E-state index in [1.807, 2.05) is 6.92 Å². The molecule has 2 aliphatic rings. The number of esters is 1. The normalized spacial score (nSPS) is 20.6. The van der Waals surface area contributed by atoms with Crippen molar-refractivity contribution < 1.29 is 24.2 Å². The molecule has 0 aromatic heterocycles. The van der Waals surface area contributed by atoms with Crippen molar-refractivity contribution in [1.29, 1.82) is 0 Å². The van der Waals surface area contributed by atoms with E-state index in [4.69, 9.17) is 20.3 Å². The molecule has 0 spiro atoms. The van der Waals surface area contributed by atoms with Gasteiger partial charge in [0.15, 0.2) is 0 Å². The lowest BCUT2D eigenvalue weighted by Gasteiger charge is -2.17. The molecule has 1 fully saturated rings. The maximum atomic E-state index is 12.0. The maximum absolute atomic E-state index is 12.0. The zero-order valence-electron chi connectivity index (χ0n) is 14.6. The lowest BCUT2D eigenvalue weighted by Crippen LogP contribution is -2.09. The van der Waals surface area contributed by atoms with Crippen LogP contribution in [0, 0.1) is 12.8 Å². The van der Waals surface area contributed by atoms with E-state index in [1.165, 1.54) is 0 Å². The molecule has 6 heteroatoms. The lowest BCUT2D eigenvalue weighted by atomic mass is 9.92. The predicted octanol–water partition coefficient (Wildman–Crippen LogP) is 3.00. The third-order valence-electron chi connectivity index (χ3n) is 5.25. The number of carboxylic acid groups (broad SMARTS) is 1. The first-order chi connectivity index (χ1) is 11.9. The summed E-state index contributed by atoms with van der Waals surface area (Å²) < 4.78 is 10.7. The molecule has 1 aromatic rings. The smallest absolute Gasteiger partial charge is 0.341 e. The monoisotopic (exact) mass is 345 g/mol. The quantitative estimate of drug-likeness (QED) is 0.483. The summed E-state index contributed by atoms with van der Waals surface area (Å²) in [5.74, 6) is -0.396. The molecule has 0 amide bonds. The van der Waals surface area contributed by atoms with Gasteiger partial charge in [-0.15, -0.1) is 0 Å². The summed E-state index contributed by atoms with van der Waals surface area (Å²) in [4.78, 5) is 23.0. The molecule has 1 aliphatic carbocycles. The fraction of sp³-hybridized carbons (Fsp3) is 0.474. The third-order valence-corrected chi connectivity index (χ3v) is 5.25. The Morgan fingerprint density at radius 2 is 2.24 bits per heavy atom. The number of nitrogen functional groups attached to an aromatic ring is 1.